The monoisotopic (exact) mass is 323 g/mol. The smallest absolute Gasteiger partial charge is 0.151 e. The second kappa shape index (κ2) is 6.53. The summed E-state index contributed by atoms with van der Waals surface area (Å²) in [6.07, 6.45) is 5.03. The zero-order chi connectivity index (χ0) is 16.4. The normalized spacial score (nSPS) is 15.8. The standard InChI is InChI=1S/C19H21N3O2/c23-15-7-10-22(11-8-15)19-17(5-3-9-20-19)21-12-14-13-24-18-6-2-1-4-16(14)18/h1-6,9,13,15,21,23H,7-8,10-12H2. The molecule has 1 fully saturated rings. The number of hydrogen-bond donors (Lipinski definition) is 2. The molecule has 1 aliphatic rings. The van der Waals surface area contributed by atoms with Crippen molar-refractivity contribution in [3.05, 3.63) is 54.4 Å². The molecule has 0 spiro atoms. The average molecular weight is 323 g/mol. The van der Waals surface area contributed by atoms with Crippen LogP contribution in [0.2, 0.25) is 0 Å². The van der Waals surface area contributed by atoms with Gasteiger partial charge in [0.25, 0.3) is 0 Å². The number of benzene rings is 1. The molecule has 4 rings (SSSR count). The molecule has 0 aliphatic carbocycles. The number of hydrogen-bond acceptors (Lipinski definition) is 5. The predicted molar refractivity (Wildman–Crippen MR) is 95.2 cm³/mol. The van der Waals surface area contributed by atoms with Crippen LogP contribution >= 0.6 is 0 Å². The lowest BCUT2D eigenvalue weighted by Crippen LogP contribution is -2.36. The molecular formula is C19H21N3O2. The van der Waals surface area contributed by atoms with Gasteiger partial charge < -0.3 is 19.7 Å². The highest BCUT2D eigenvalue weighted by atomic mass is 16.3. The third kappa shape index (κ3) is 2.95. The van der Waals surface area contributed by atoms with Crippen LogP contribution in [-0.4, -0.2) is 29.3 Å². The van der Waals surface area contributed by atoms with Crippen LogP contribution in [0.1, 0.15) is 18.4 Å². The van der Waals surface area contributed by atoms with Gasteiger partial charge in [0.2, 0.25) is 0 Å². The van der Waals surface area contributed by atoms with Gasteiger partial charge in [-0.15, -0.1) is 0 Å². The first-order valence-electron chi connectivity index (χ1n) is 8.38. The number of furan rings is 1. The third-order valence-electron chi connectivity index (χ3n) is 4.58. The van der Waals surface area contributed by atoms with Crippen LogP contribution in [0.3, 0.4) is 0 Å². The minimum Gasteiger partial charge on any atom is -0.464 e. The highest BCUT2D eigenvalue weighted by Crippen LogP contribution is 2.27. The first kappa shape index (κ1) is 15.0. The third-order valence-corrected chi connectivity index (χ3v) is 4.58. The van der Waals surface area contributed by atoms with Crippen molar-refractivity contribution in [3.63, 3.8) is 0 Å². The first-order chi connectivity index (χ1) is 11.8. The van der Waals surface area contributed by atoms with E-state index in [2.05, 4.69) is 27.3 Å². The van der Waals surface area contributed by atoms with Gasteiger partial charge in [-0.3, -0.25) is 0 Å². The number of aliphatic hydroxyl groups is 1. The van der Waals surface area contributed by atoms with Crippen molar-refractivity contribution in [2.24, 2.45) is 0 Å². The summed E-state index contributed by atoms with van der Waals surface area (Å²) in [5, 5.41) is 14.3. The second-order valence-corrected chi connectivity index (χ2v) is 6.20. The van der Waals surface area contributed by atoms with Gasteiger partial charge in [-0.2, -0.15) is 0 Å². The van der Waals surface area contributed by atoms with E-state index in [-0.39, 0.29) is 6.10 Å². The van der Waals surface area contributed by atoms with Crippen molar-refractivity contribution in [1.82, 2.24) is 4.98 Å². The van der Waals surface area contributed by atoms with E-state index in [1.807, 2.05) is 36.7 Å². The SMILES string of the molecule is OC1CCN(c2ncccc2NCc2coc3ccccc23)CC1. The van der Waals surface area contributed by atoms with E-state index in [1.165, 1.54) is 0 Å². The Labute approximate surface area is 140 Å². The summed E-state index contributed by atoms with van der Waals surface area (Å²) in [5.74, 6) is 0.956. The molecule has 0 atom stereocenters. The van der Waals surface area contributed by atoms with Gasteiger partial charge in [-0.1, -0.05) is 18.2 Å². The number of aliphatic hydroxyl groups excluding tert-OH is 1. The topological polar surface area (TPSA) is 61.5 Å². The van der Waals surface area contributed by atoms with Crippen molar-refractivity contribution < 1.29 is 9.52 Å². The highest BCUT2D eigenvalue weighted by Gasteiger charge is 2.20. The number of aromatic nitrogens is 1. The quantitative estimate of drug-likeness (QED) is 0.770. The van der Waals surface area contributed by atoms with E-state index in [9.17, 15) is 5.11 Å². The molecule has 1 aromatic carbocycles. The minimum atomic E-state index is -0.182. The average Bonchev–Trinajstić information content (AvgIpc) is 3.04. The molecule has 2 N–H and O–H groups in total. The van der Waals surface area contributed by atoms with Gasteiger partial charge in [-0.25, -0.2) is 4.98 Å². The fourth-order valence-electron chi connectivity index (χ4n) is 3.22. The lowest BCUT2D eigenvalue weighted by atomic mass is 10.1. The number of fused-ring (bicyclic) bond motifs is 1. The van der Waals surface area contributed by atoms with Gasteiger partial charge in [-0.05, 0) is 31.0 Å². The molecule has 5 nitrogen and oxygen atoms in total. The van der Waals surface area contributed by atoms with Crippen LogP contribution in [0.25, 0.3) is 11.0 Å². The summed E-state index contributed by atoms with van der Waals surface area (Å²) < 4.78 is 5.60. The molecule has 0 unspecified atom stereocenters. The predicted octanol–water partition coefficient (Wildman–Crippen LogP) is 3.40. The van der Waals surface area contributed by atoms with Crippen molar-refractivity contribution in [2.45, 2.75) is 25.5 Å². The molecule has 0 bridgehead atoms. The van der Waals surface area contributed by atoms with E-state index >= 15 is 0 Å². The first-order valence-corrected chi connectivity index (χ1v) is 8.38. The Morgan fingerprint density at radius 3 is 2.88 bits per heavy atom. The summed E-state index contributed by atoms with van der Waals surface area (Å²) in [5.41, 5.74) is 3.05. The van der Waals surface area contributed by atoms with Crippen LogP contribution < -0.4 is 10.2 Å². The zero-order valence-electron chi connectivity index (χ0n) is 13.5. The minimum absolute atomic E-state index is 0.182. The molecule has 1 aliphatic heterocycles. The Morgan fingerprint density at radius 1 is 1.17 bits per heavy atom. The summed E-state index contributed by atoms with van der Waals surface area (Å²) in [6.45, 7) is 2.36. The van der Waals surface area contributed by atoms with Gasteiger partial charge in [0.1, 0.15) is 5.58 Å². The molecule has 124 valence electrons. The molecule has 3 heterocycles. The van der Waals surface area contributed by atoms with Crippen LogP contribution in [0.4, 0.5) is 11.5 Å². The van der Waals surface area contributed by atoms with Crippen molar-refractivity contribution in [1.29, 1.82) is 0 Å². The van der Waals surface area contributed by atoms with E-state index in [4.69, 9.17) is 4.42 Å². The van der Waals surface area contributed by atoms with Crippen molar-refractivity contribution in [2.75, 3.05) is 23.3 Å². The molecule has 0 saturated carbocycles. The summed E-state index contributed by atoms with van der Waals surface area (Å²) in [4.78, 5) is 6.79. The molecule has 3 aromatic rings. The number of piperidine rings is 1. The van der Waals surface area contributed by atoms with Crippen LogP contribution in [0.15, 0.2) is 53.3 Å². The maximum atomic E-state index is 9.70. The fraction of sp³-hybridized carbons (Fsp3) is 0.316. The number of para-hydroxylation sites is 1. The zero-order valence-corrected chi connectivity index (χ0v) is 13.5. The number of rotatable bonds is 4. The molecule has 5 heteroatoms. The number of anilines is 2. The fourth-order valence-corrected chi connectivity index (χ4v) is 3.22. The van der Waals surface area contributed by atoms with Crippen LogP contribution in [-0.2, 0) is 6.54 Å². The molecule has 0 amide bonds. The second-order valence-electron chi connectivity index (χ2n) is 6.20. The highest BCUT2D eigenvalue weighted by molar-refractivity contribution is 5.81. The Bertz CT molecular complexity index is 822. The van der Waals surface area contributed by atoms with Gasteiger partial charge >= 0.3 is 0 Å². The van der Waals surface area contributed by atoms with Crippen LogP contribution in [0.5, 0.6) is 0 Å². The Morgan fingerprint density at radius 2 is 2.00 bits per heavy atom. The summed E-state index contributed by atoms with van der Waals surface area (Å²) >= 11 is 0. The lowest BCUT2D eigenvalue weighted by molar-refractivity contribution is 0.145. The van der Waals surface area contributed by atoms with Gasteiger partial charge in [0, 0.05) is 36.8 Å². The number of nitrogens with one attached hydrogen (secondary N) is 1. The maximum absolute atomic E-state index is 9.70. The van der Waals surface area contributed by atoms with Gasteiger partial charge in [0.05, 0.1) is 18.1 Å². The summed E-state index contributed by atoms with van der Waals surface area (Å²) in [6, 6.07) is 12.1. The van der Waals surface area contributed by atoms with E-state index in [0.29, 0.717) is 6.54 Å². The number of pyridine rings is 1. The molecule has 2 aromatic heterocycles. The Kier molecular flexibility index (Phi) is 4.09. The van der Waals surface area contributed by atoms with Gasteiger partial charge in [0.15, 0.2) is 5.82 Å². The molecular weight excluding hydrogens is 302 g/mol. The van der Waals surface area contributed by atoms with E-state index in [0.717, 1.165) is 54.0 Å². The molecule has 1 saturated heterocycles. The van der Waals surface area contributed by atoms with Crippen molar-refractivity contribution in [3.8, 4) is 0 Å². The van der Waals surface area contributed by atoms with Crippen LogP contribution in [0, 0.1) is 0 Å². The maximum Gasteiger partial charge on any atom is 0.151 e. The molecule has 0 radical (unpaired) electrons. The number of nitrogens with zero attached hydrogens (tertiary/aromatic N) is 2. The van der Waals surface area contributed by atoms with Crippen molar-refractivity contribution >= 4 is 22.5 Å². The Balaban J connectivity index is 1.52. The Hall–Kier alpha value is -2.53. The largest absolute Gasteiger partial charge is 0.464 e. The lowest BCUT2D eigenvalue weighted by Gasteiger charge is -2.31. The molecule has 24 heavy (non-hydrogen) atoms. The van der Waals surface area contributed by atoms with E-state index < -0.39 is 0 Å². The van der Waals surface area contributed by atoms with E-state index in [1.54, 1.807) is 0 Å². The summed E-state index contributed by atoms with van der Waals surface area (Å²) in [7, 11) is 0.